The molecule has 29 heavy (non-hydrogen) atoms. The summed E-state index contributed by atoms with van der Waals surface area (Å²) in [6.45, 7) is 0. The van der Waals surface area contributed by atoms with E-state index in [1.54, 1.807) is 24.3 Å². The first kappa shape index (κ1) is 20.9. The molecule has 1 fully saturated rings. The Morgan fingerprint density at radius 1 is 0.897 bits per heavy atom. The van der Waals surface area contributed by atoms with Gasteiger partial charge in [-0.1, -0.05) is 30.3 Å². The lowest BCUT2D eigenvalue weighted by atomic mass is 10.1. The van der Waals surface area contributed by atoms with Gasteiger partial charge in [0.15, 0.2) is 9.84 Å². The van der Waals surface area contributed by atoms with Crippen molar-refractivity contribution in [2.24, 2.45) is 0 Å². The van der Waals surface area contributed by atoms with Crippen LogP contribution in [0.1, 0.15) is 24.8 Å². The smallest absolute Gasteiger partial charge is 0.319 e. The van der Waals surface area contributed by atoms with Crippen molar-refractivity contribution in [3.63, 3.8) is 0 Å². The van der Waals surface area contributed by atoms with E-state index in [4.69, 9.17) is 0 Å². The van der Waals surface area contributed by atoms with E-state index in [9.17, 15) is 18.0 Å². The summed E-state index contributed by atoms with van der Waals surface area (Å²) in [5.41, 5.74) is 2.14. The highest BCUT2D eigenvalue weighted by atomic mass is 32.2. The minimum absolute atomic E-state index is 0.0335. The van der Waals surface area contributed by atoms with Crippen molar-refractivity contribution in [2.75, 3.05) is 22.1 Å². The van der Waals surface area contributed by atoms with Crippen LogP contribution >= 0.6 is 0 Å². The van der Waals surface area contributed by atoms with Crippen LogP contribution < -0.4 is 16.0 Å². The third-order valence-corrected chi connectivity index (χ3v) is 6.07. The van der Waals surface area contributed by atoms with Gasteiger partial charge in [0.25, 0.3) is 0 Å². The molecule has 0 unspecified atom stereocenters. The SMILES string of the molecule is O=C(CS(=O)(=O)CCCc1ccccc1)Nc1ccc(NC(=O)NC2CC2)cc1. The van der Waals surface area contributed by atoms with Gasteiger partial charge in [-0.25, -0.2) is 13.2 Å². The van der Waals surface area contributed by atoms with Crippen molar-refractivity contribution in [2.45, 2.75) is 31.7 Å². The lowest BCUT2D eigenvalue weighted by molar-refractivity contribution is -0.113. The molecular weight excluding hydrogens is 390 g/mol. The second-order valence-electron chi connectivity index (χ2n) is 7.18. The van der Waals surface area contributed by atoms with E-state index < -0.39 is 21.5 Å². The molecule has 1 saturated carbocycles. The highest BCUT2D eigenvalue weighted by Crippen LogP contribution is 2.19. The number of carbonyl (C=O) groups is 2. The Kier molecular flexibility index (Phi) is 6.87. The molecule has 0 bridgehead atoms. The van der Waals surface area contributed by atoms with Gasteiger partial charge in [-0.15, -0.1) is 0 Å². The number of nitrogens with one attached hydrogen (secondary N) is 3. The van der Waals surface area contributed by atoms with Crippen LogP contribution in [0.25, 0.3) is 0 Å². The molecule has 3 N–H and O–H groups in total. The predicted molar refractivity (Wildman–Crippen MR) is 114 cm³/mol. The minimum atomic E-state index is -3.48. The number of anilines is 2. The molecule has 2 aromatic carbocycles. The maximum absolute atomic E-state index is 12.2. The van der Waals surface area contributed by atoms with Crippen LogP contribution in [0.3, 0.4) is 0 Å². The number of hydrogen-bond acceptors (Lipinski definition) is 4. The molecule has 154 valence electrons. The van der Waals surface area contributed by atoms with Gasteiger partial charge in [-0.2, -0.15) is 0 Å². The Bertz CT molecular complexity index is 940. The molecule has 0 heterocycles. The Balaban J connectivity index is 1.42. The van der Waals surface area contributed by atoms with Crippen LogP contribution in [-0.2, 0) is 21.1 Å². The zero-order valence-electron chi connectivity index (χ0n) is 16.1. The summed E-state index contributed by atoms with van der Waals surface area (Å²) >= 11 is 0. The summed E-state index contributed by atoms with van der Waals surface area (Å²) in [6.07, 6.45) is 3.15. The molecule has 0 aliphatic heterocycles. The lowest BCUT2D eigenvalue weighted by Crippen LogP contribution is -2.30. The average molecular weight is 416 g/mol. The zero-order chi connectivity index (χ0) is 20.7. The van der Waals surface area contributed by atoms with Gasteiger partial charge < -0.3 is 16.0 Å². The molecule has 0 saturated heterocycles. The van der Waals surface area contributed by atoms with E-state index >= 15 is 0 Å². The van der Waals surface area contributed by atoms with Crippen molar-refractivity contribution in [1.82, 2.24) is 5.32 Å². The number of urea groups is 1. The summed E-state index contributed by atoms with van der Waals surface area (Å²) in [7, 11) is -3.48. The number of aryl methyl sites for hydroxylation is 1. The van der Waals surface area contributed by atoms with E-state index in [0.29, 0.717) is 24.2 Å². The Labute approximate surface area is 170 Å². The molecule has 7 nitrogen and oxygen atoms in total. The number of carbonyl (C=O) groups excluding carboxylic acids is 2. The Hall–Kier alpha value is -2.87. The van der Waals surface area contributed by atoms with Crippen LogP contribution in [0.4, 0.5) is 16.2 Å². The van der Waals surface area contributed by atoms with Crippen LogP contribution in [0.2, 0.25) is 0 Å². The molecule has 8 heteroatoms. The van der Waals surface area contributed by atoms with Gasteiger partial charge >= 0.3 is 6.03 Å². The van der Waals surface area contributed by atoms with E-state index in [1.165, 1.54) is 0 Å². The maximum Gasteiger partial charge on any atom is 0.319 e. The predicted octanol–water partition coefficient (Wildman–Crippen LogP) is 2.96. The fourth-order valence-corrected chi connectivity index (χ4v) is 4.03. The molecule has 3 amide bonds. The van der Waals surface area contributed by atoms with Gasteiger partial charge in [0, 0.05) is 17.4 Å². The summed E-state index contributed by atoms with van der Waals surface area (Å²) in [5, 5.41) is 8.11. The number of benzene rings is 2. The quantitative estimate of drug-likeness (QED) is 0.586. The summed E-state index contributed by atoms with van der Waals surface area (Å²) in [6, 6.07) is 16.2. The van der Waals surface area contributed by atoms with Gasteiger partial charge in [0.1, 0.15) is 5.75 Å². The van der Waals surface area contributed by atoms with E-state index in [-0.39, 0.29) is 17.8 Å². The minimum Gasteiger partial charge on any atom is -0.335 e. The van der Waals surface area contributed by atoms with Gasteiger partial charge in [-0.05, 0) is 55.5 Å². The van der Waals surface area contributed by atoms with E-state index in [1.807, 2.05) is 30.3 Å². The van der Waals surface area contributed by atoms with Crippen molar-refractivity contribution in [3.05, 3.63) is 60.2 Å². The molecule has 0 spiro atoms. The number of rotatable bonds is 9. The third kappa shape index (κ3) is 7.57. The van der Waals surface area contributed by atoms with Crippen LogP contribution in [0, 0.1) is 0 Å². The molecule has 3 rings (SSSR count). The molecule has 1 aliphatic rings. The van der Waals surface area contributed by atoms with Crippen molar-refractivity contribution < 1.29 is 18.0 Å². The maximum atomic E-state index is 12.2. The highest BCUT2D eigenvalue weighted by molar-refractivity contribution is 7.92. The second kappa shape index (κ2) is 9.56. The first-order valence-corrected chi connectivity index (χ1v) is 11.4. The molecule has 2 aromatic rings. The van der Waals surface area contributed by atoms with E-state index in [2.05, 4.69) is 16.0 Å². The Morgan fingerprint density at radius 2 is 1.52 bits per heavy atom. The largest absolute Gasteiger partial charge is 0.335 e. The van der Waals surface area contributed by atoms with E-state index in [0.717, 1.165) is 18.4 Å². The topological polar surface area (TPSA) is 104 Å². The molecule has 1 aliphatic carbocycles. The van der Waals surface area contributed by atoms with Crippen LogP contribution in [-0.4, -0.2) is 37.9 Å². The first-order chi connectivity index (χ1) is 13.9. The van der Waals surface area contributed by atoms with Crippen molar-refractivity contribution >= 4 is 33.2 Å². The van der Waals surface area contributed by atoms with Crippen molar-refractivity contribution in [3.8, 4) is 0 Å². The van der Waals surface area contributed by atoms with Gasteiger partial charge in [-0.3, -0.25) is 4.79 Å². The number of amides is 3. The number of hydrogen-bond donors (Lipinski definition) is 3. The second-order valence-corrected chi connectivity index (χ2v) is 9.36. The molecular formula is C21H25N3O4S. The standard InChI is InChI=1S/C21H25N3O4S/c25-20(15-29(27,28)14-4-7-16-5-2-1-3-6-16)22-17-8-10-18(11-9-17)23-21(26)24-19-12-13-19/h1-3,5-6,8-11,19H,4,7,12-15H2,(H,22,25)(H2,23,24,26). The van der Waals surface area contributed by atoms with Crippen LogP contribution in [0.15, 0.2) is 54.6 Å². The van der Waals surface area contributed by atoms with Gasteiger partial charge in [0.2, 0.25) is 5.91 Å². The Morgan fingerprint density at radius 3 is 2.14 bits per heavy atom. The molecule has 0 atom stereocenters. The molecule has 0 aromatic heterocycles. The summed E-state index contributed by atoms with van der Waals surface area (Å²) in [4.78, 5) is 23.8. The van der Waals surface area contributed by atoms with Gasteiger partial charge in [0.05, 0.1) is 5.75 Å². The normalized spacial score (nSPS) is 13.5. The van der Waals surface area contributed by atoms with Crippen molar-refractivity contribution in [1.29, 1.82) is 0 Å². The highest BCUT2D eigenvalue weighted by Gasteiger charge is 2.23. The monoisotopic (exact) mass is 415 g/mol. The van der Waals surface area contributed by atoms with Crippen LogP contribution in [0.5, 0.6) is 0 Å². The third-order valence-electron chi connectivity index (χ3n) is 4.45. The number of sulfone groups is 1. The summed E-state index contributed by atoms with van der Waals surface area (Å²) < 4.78 is 24.3. The summed E-state index contributed by atoms with van der Waals surface area (Å²) in [5.74, 6) is -1.16. The molecule has 0 radical (unpaired) electrons. The average Bonchev–Trinajstić information content (AvgIpc) is 3.47. The zero-order valence-corrected chi connectivity index (χ0v) is 16.9. The fourth-order valence-electron chi connectivity index (χ4n) is 2.83. The fraction of sp³-hybridized carbons (Fsp3) is 0.333. The first-order valence-electron chi connectivity index (χ1n) is 9.61. The lowest BCUT2D eigenvalue weighted by Gasteiger charge is -2.09.